The molecule has 1 aliphatic heterocycles. The van der Waals surface area contributed by atoms with Gasteiger partial charge in [0.05, 0.1) is 11.7 Å². The van der Waals surface area contributed by atoms with Crippen molar-refractivity contribution in [3.8, 4) is 0 Å². The fraction of sp³-hybridized carbons (Fsp3) is 0.727. The maximum atomic E-state index is 5.33. The van der Waals surface area contributed by atoms with E-state index in [0.717, 1.165) is 24.4 Å². The zero-order valence-corrected chi connectivity index (χ0v) is 8.75. The van der Waals surface area contributed by atoms with Crippen LogP contribution < -0.4 is 5.32 Å². The van der Waals surface area contributed by atoms with Crippen LogP contribution in [0.2, 0.25) is 0 Å². The standard InChI is InChI=1S/C11H18N2O/c1-2-3-5-9-8-11(14-13-9)10-6-4-7-12-10/h8,10,12H,2-7H2,1H3/t10-/m0/s1. The van der Waals surface area contributed by atoms with E-state index >= 15 is 0 Å². The largest absolute Gasteiger partial charge is 0.359 e. The molecule has 14 heavy (non-hydrogen) atoms. The molecule has 2 rings (SSSR count). The van der Waals surface area contributed by atoms with Gasteiger partial charge in [-0.2, -0.15) is 0 Å². The van der Waals surface area contributed by atoms with Crippen LogP contribution in [0.3, 0.4) is 0 Å². The molecule has 1 saturated heterocycles. The molecule has 1 aromatic heterocycles. The second kappa shape index (κ2) is 4.60. The van der Waals surface area contributed by atoms with Gasteiger partial charge in [-0.1, -0.05) is 18.5 Å². The SMILES string of the molecule is CCCCc1cc([C@@H]2CCCN2)on1. The molecule has 1 fully saturated rings. The van der Waals surface area contributed by atoms with E-state index in [1.807, 2.05) is 0 Å². The summed E-state index contributed by atoms with van der Waals surface area (Å²) in [5, 5.41) is 7.49. The number of rotatable bonds is 4. The molecular formula is C11H18N2O. The highest BCUT2D eigenvalue weighted by Gasteiger charge is 2.20. The van der Waals surface area contributed by atoms with Crippen LogP contribution in [0.5, 0.6) is 0 Å². The molecule has 3 nitrogen and oxygen atoms in total. The molecule has 1 N–H and O–H groups in total. The second-order valence-electron chi connectivity index (χ2n) is 3.97. The van der Waals surface area contributed by atoms with Gasteiger partial charge in [-0.25, -0.2) is 0 Å². The average molecular weight is 194 g/mol. The van der Waals surface area contributed by atoms with Crippen molar-refractivity contribution >= 4 is 0 Å². The van der Waals surface area contributed by atoms with Gasteiger partial charge in [-0.15, -0.1) is 0 Å². The molecule has 0 spiro atoms. The zero-order valence-electron chi connectivity index (χ0n) is 8.75. The van der Waals surface area contributed by atoms with Crippen LogP contribution in [0.1, 0.15) is 50.1 Å². The third-order valence-corrected chi connectivity index (χ3v) is 2.77. The lowest BCUT2D eigenvalue weighted by Crippen LogP contribution is -2.11. The number of unbranched alkanes of at least 4 members (excludes halogenated alkanes) is 1. The Hall–Kier alpha value is -0.830. The Morgan fingerprint density at radius 2 is 2.57 bits per heavy atom. The van der Waals surface area contributed by atoms with Crippen LogP contribution in [0.15, 0.2) is 10.6 Å². The number of hydrogen-bond donors (Lipinski definition) is 1. The van der Waals surface area contributed by atoms with Crippen molar-refractivity contribution in [3.05, 3.63) is 17.5 Å². The molecule has 78 valence electrons. The predicted octanol–water partition coefficient (Wildman–Crippen LogP) is 2.44. The second-order valence-corrected chi connectivity index (χ2v) is 3.97. The normalized spacial score (nSPS) is 21.6. The third kappa shape index (κ3) is 2.15. The first-order valence-corrected chi connectivity index (χ1v) is 5.59. The Morgan fingerprint density at radius 1 is 1.64 bits per heavy atom. The molecule has 2 heterocycles. The average Bonchev–Trinajstić information content (AvgIpc) is 2.85. The summed E-state index contributed by atoms with van der Waals surface area (Å²) in [6.45, 7) is 3.30. The minimum Gasteiger partial charge on any atom is -0.359 e. The quantitative estimate of drug-likeness (QED) is 0.800. The lowest BCUT2D eigenvalue weighted by molar-refractivity contribution is 0.347. The number of aromatic nitrogens is 1. The summed E-state index contributed by atoms with van der Waals surface area (Å²) in [5.74, 6) is 1.02. The Balaban J connectivity index is 1.94. The van der Waals surface area contributed by atoms with E-state index in [-0.39, 0.29) is 0 Å². The molecule has 0 saturated carbocycles. The van der Waals surface area contributed by atoms with Gasteiger partial charge >= 0.3 is 0 Å². The summed E-state index contributed by atoms with van der Waals surface area (Å²) in [7, 11) is 0. The van der Waals surface area contributed by atoms with Gasteiger partial charge < -0.3 is 9.84 Å². The summed E-state index contributed by atoms with van der Waals surface area (Å²) >= 11 is 0. The van der Waals surface area contributed by atoms with Crippen molar-refractivity contribution in [1.82, 2.24) is 10.5 Å². The predicted molar refractivity (Wildman–Crippen MR) is 55.1 cm³/mol. The molecule has 1 aliphatic rings. The maximum Gasteiger partial charge on any atom is 0.153 e. The van der Waals surface area contributed by atoms with E-state index in [9.17, 15) is 0 Å². The van der Waals surface area contributed by atoms with E-state index in [4.69, 9.17) is 4.52 Å². The van der Waals surface area contributed by atoms with Crippen LogP contribution in [-0.2, 0) is 6.42 Å². The number of nitrogens with zero attached hydrogens (tertiary/aromatic N) is 1. The highest BCUT2D eigenvalue weighted by molar-refractivity contribution is 5.10. The molecule has 0 aromatic carbocycles. The maximum absolute atomic E-state index is 5.33. The zero-order chi connectivity index (χ0) is 9.80. The molecule has 0 amide bonds. The van der Waals surface area contributed by atoms with Crippen molar-refractivity contribution in [2.75, 3.05) is 6.54 Å². The summed E-state index contributed by atoms with van der Waals surface area (Å²) in [5.41, 5.74) is 1.11. The Kier molecular flexibility index (Phi) is 3.19. The summed E-state index contributed by atoms with van der Waals surface area (Å²) in [6, 6.07) is 2.52. The minimum absolute atomic E-state index is 0.415. The van der Waals surface area contributed by atoms with Gasteiger partial charge in [0.25, 0.3) is 0 Å². The highest BCUT2D eigenvalue weighted by atomic mass is 16.5. The first kappa shape index (κ1) is 9.71. The van der Waals surface area contributed by atoms with Crippen LogP contribution in [0.25, 0.3) is 0 Å². The molecule has 1 atom stereocenters. The topological polar surface area (TPSA) is 38.1 Å². The first-order chi connectivity index (χ1) is 6.90. The molecule has 0 aliphatic carbocycles. The smallest absolute Gasteiger partial charge is 0.153 e. The lowest BCUT2D eigenvalue weighted by atomic mass is 10.1. The number of aryl methyl sites for hydroxylation is 1. The lowest BCUT2D eigenvalue weighted by Gasteiger charge is -2.02. The van der Waals surface area contributed by atoms with Crippen LogP contribution in [0.4, 0.5) is 0 Å². The van der Waals surface area contributed by atoms with Gasteiger partial charge in [-0.05, 0) is 32.2 Å². The van der Waals surface area contributed by atoms with Crippen molar-refractivity contribution < 1.29 is 4.52 Å². The van der Waals surface area contributed by atoms with Crippen molar-refractivity contribution in [2.45, 2.75) is 45.1 Å². The number of nitrogens with one attached hydrogen (secondary N) is 1. The Bertz CT molecular complexity index is 277. The molecular weight excluding hydrogens is 176 g/mol. The third-order valence-electron chi connectivity index (χ3n) is 2.77. The summed E-state index contributed by atoms with van der Waals surface area (Å²) in [6.07, 6.45) is 5.89. The Labute approximate surface area is 84.9 Å². The van der Waals surface area contributed by atoms with Gasteiger partial charge in [0.2, 0.25) is 0 Å². The monoisotopic (exact) mass is 194 g/mol. The summed E-state index contributed by atoms with van der Waals surface area (Å²) < 4.78 is 5.33. The molecule has 0 bridgehead atoms. The van der Waals surface area contributed by atoms with E-state index < -0.39 is 0 Å². The van der Waals surface area contributed by atoms with E-state index in [0.29, 0.717) is 6.04 Å². The first-order valence-electron chi connectivity index (χ1n) is 5.59. The fourth-order valence-corrected chi connectivity index (χ4v) is 1.90. The molecule has 3 heteroatoms. The minimum atomic E-state index is 0.415. The van der Waals surface area contributed by atoms with Crippen molar-refractivity contribution in [3.63, 3.8) is 0 Å². The van der Waals surface area contributed by atoms with Gasteiger partial charge in [0.15, 0.2) is 5.76 Å². The van der Waals surface area contributed by atoms with E-state index in [1.54, 1.807) is 0 Å². The number of hydrogen-bond acceptors (Lipinski definition) is 3. The fourth-order valence-electron chi connectivity index (χ4n) is 1.90. The van der Waals surface area contributed by atoms with Gasteiger partial charge in [0, 0.05) is 6.07 Å². The Morgan fingerprint density at radius 3 is 3.29 bits per heavy atom. The van der Waals surface area contributed by atoms with Gasteiger partial charge in [-0.3, -0.25) is 0 Å². The van der Waals surface area contributed by atoms with E-state index in [2.05, 4.69) is 23.5 Å². The molecule has 0 unspecified atom stereocenters. The molecule has 0 radical (unpaired) electrons. The summed E-state index contributed by atoms with van der Waals surface area (Å²) in [4.78, 5) is 0. The van der Waals surface area contributed by atoms with Crippen molar-refractivity contribution in [2.24, 2.45) is 0 Å². The van der Waals surface area contributed by atoms with Crippen LogP contribution >= 0.6 is 0 Å². The van der Waals surface area contributed by atoms with Gasteiger partial charge in [0.1, 0.15) is 0 Å². The van der Waals surface area contributed by atoms with Crippen molar-refractivity contribution in [1.29, 1.82) is 0 Å². The molecule has 1 aromatic rings. The highest BCUT2D eigenvalue weighted by Crippen LogP contribution is 2.23. The van der Waals surface area contributed by atoms with Crippen LogP contribution in [0, 0.1) is 0 Å². The van der Waals surface area contributed by atoms with E-state index in [1.165, 1.54) is 25.7 Å². The van der Waals surface area contributed by atoms with Crippen LogP contribution in [-0.4, -0.2) is 11.7 Å².